The molecule has 1 saturated carbocycles. The molecular weight excluding hydrogens is 420 g/mol. The number of primary sulfonamides is 1. The number of methoxy groups -OCH3 is 1. The fourth-order valence-electron chi connectivity index (χ4n) is 4.35. The summed E-state index contributed by atoms with van der Waals surface area (Å²) in [4.78, 5) is 29.1. The first kappa shape index (κ1) is 19.8. The van der Waals surface area contributed by atoms with E-state index in [0.717, 1.165) is 29.7 Å². The third-order valence-electron chi connectivity index (χ3n) is 6.07. The van der Waals surface area contributed by atoms with Gasteiger partial charge in [0.25, 0.3) is 5.91 Å². The lowest BCUT2D eigenvalue weighted by atomic mass is 10.1. The number of aromatic nitrogens is 3. The Morgan fingerprint density at radius 1 is 1.23 bits per heavy atom. The second-order valence-electron chi connectivity index (χ2n) is 7.95. The van der Waals surface area contributed by atoms with Crippen molar-refractivity contribution in [3.8, 4) is 5.75 Å². The zero-order chi connectivity index (χ0) is 21.8. The van der Waals surface area contributed by atoms with Crippen LogP contribution >= 0.6 is 0 Å². The normalized spacial score (nSPS) is 17.9. The van der Waals surface area contributed by atoms with E-state index >= 15 is 0 Å². The minimum atomic E-state index is -3.95. The number of nitrogens with zero attached hydrogens (tertiary/aromatic N) is 4. The third kappa shape index (κ3) is 3.29. The number of carbonyl (C=O) groups excluding carboxylic acids is 1. The Morgan fingerprint density at radius 2 is 2.03 bits per heavy atom. The highest BCUT2D eigenvalue weighted by Crippen LogP contribution is 2.46. The molecule has 0 bridgehead atoms. The van der Waals surface area contributed by atoms with Crippen molar-refractivity contribution < 1.29 is 17.9 Å². The summed E-state index contributed by atoms with van der Waals surface area (Å²) in [6.07, 6.45) is 5.20. The molecule has 1 saturated heterocycles. The van der Waals surface area contributed by atoms with E-state index < -0.39 is 10.0 Å². The Labute approximate surface area is 179 Å². The van der Waals surface area contributed by atoms with Crippen LogP contribution in [0.2, 0.25) is 0 Å². The molecule has 0 atom stereocenters. The quantitative estimate of drug-likeness (QED) is 0.618. The van der Waals surface area contributed by atoms with E-state index in [0.29, 0.717) is 25.2 Å². The van der Waals surface area contributed by atoms with Crippen LogP contribution in [0.5, 0.6) is 5.75 Å². The summed E-state index contributed by atoms with van der Waals surface area (Å²) in [7, 11) is -2.60. The van der Waals surface area contributed by atoms with Crippen molar-refractivity contribution in [2.45, 2.75) is 23.3 Å². The number of nitrogens with one attached hydrogen (secondary N) is 1. The minimum Gasteiger partial charge on any atom is -0.495 e. The molecule has 3 N–H and O–H groups in total. The Morgan fingerprint density at radius 3 is 2.74 bits per heavy atom. The van der Waals surface area contributed by atoms with Gasteiger partial charge < -0.3 is 19.5 Å². The number of carbonyl (C=O) groups is 1. The van der Waals surface area contributed by atoms with Crippen LogP contribution in [0, 0.1) is 0 Å². The van der Waals surface area contributed by atoms with Crippen molar-refractivity contribution >= 4 is 32.8 Å². The van der Waals surface area contributed by atoms with Crippen LogP contribution in [0.3, 0.4) is 0 Å². The molecule has 2 aromatic heterocycles. The van der Waals surface area contributed by atoms with Gasteiger partial charge in [0.2, 0.25) is 10.0 Å². The van der Waals surface area contributed by atoms with Crippen LogP contribution < -0.4 is 14.8 Å². The number of amides is 1. The average Bonchev–Trinajstić information content (AvgIpc) is 3.33. The number of piperazine rings is 1. The highest BCUT2D eigenvalue weighted by molar-refractivity contribution is 7.89. The molecule has 11 heteroatoms. The van der Waals surface area contributed by atoms with Gasteiger partial charge in [-0.05, 0) is 37.1 Å². The number of nitrogens with two attached hydrogens (primary N) is 1. The summed E-state index contributed by atoms with van der Waals surface area (Å²) in [5.74, 6) is 0.780. The molecule has 1 amide bonds. The number of hydrogen-bond donors (Lipinski definition) is 2. The van der Waals surface area contributed by atoms with Crippen molar-refractivity contribution in [3.63, 3.8) is 0 Å². The summed E-state index contributed by atoms with van der Waals surface area (Å²) < 4.78 is 28.6. The number of ether oxygens (including phenoxy) is 1. The van der Waals surface area contributed by atoms with Gasteiger partial charge in [-0.2, -0.15) is 0 Å². The fourth-order valence-corrected chi connectivity index (χ4v) is 5.03. The molecule has 2 fully saturated rings. The van der Waals surface area contributed by atoms with E-state index in [9.17, 15) is 13.2 Å². The van der Waals surface area contributed by atoms with Gasteiger partial charge in [0.15, 0.2) is 0 Å². The first-order valence-corrected chi connectivity index (χ1v) is 11.4. The van der Waals surface area contributed by atoms with Gasteiger partial charge in [0.05, 0.1) is 18.0 Å². The number of rotatable bonds is 4. The van der Waals surface area contributed by atoms with Crippen LogP contribution in [0.1, 0.15) is 23.2 Å². The number of anilines is 1. The molecule has 31 heavy (non-hydrogen) atoms. The van der Waals surface area contributed by atoms with Crippen LogP contribution in [0.25, 0.3) is 11.0 Å². The molecule has 0 unspecified atom stereocenters. The lowest BCUT2D eigenvalue weighted by Crippen LogP contribution is -2.57. The van der Waals surface area contributed by atoms with Crippen LogP contribution in [-0.4, -0.2) is 66.5 Å². The first-order chi connectivity index (χ1) is 14.8. The molecule has 3 heterocycles. The summed E-state index contributed by atoms with van der Waals surface area (Å²) >= 11 is 0. The molecular formula is C20H22N6O4S. The summed E-state index contributed by atoms with van der Waals surface area (Å²) in [5.41, 5.74) is 0.906. The maximum atomic E-state index is 13.3. The number of aromatic amines is 1. The largest absolute Gasteiger partial charge is 0.495 e. The van der Waals surface area contributed by atoms with Crippen molar-refractivity contribution in [1.82, 2.24) is 19.9 Å². The third-order valence-corrected chi connectivity index (χ3v) is 7.02. The first-order valence-electron chi connectivity index (χ1n) is 9.88. The smallest absolute Gasteiger partial charge is 0.254 e. The number of hydrogen-bond acceptors (Lipinski definition) is 7. The monoisotopic (exact) mass is 442 g/mol. The van der Waals surface area contributed by atoms with Crippen molar-refractivity contribution in [2.24, 2.45) is 5.14 Å². The Hall–Kier alpha value is -3.18. The van der Waals surface area contributed by atoms with Crippen molar-refractivity contribution in [3.05, 3.63) is 42.4 Å². The standard InChI is InChI=1S/C20H22N6O4S/c1-30-15-10-13(2-3-16(15)31(21,28)29)19(27)26-9-8-25(11-20(26)5-6-20)18-14-4-7-22-17(14)23-12-24-18/h2-4,7,10,12H,5-6,8-9,11H2,1H3,(H2,21,28,29)(H,22,23,24). The van der Waals surface area contributed by atoms with E-state index in [4.69, 9.17) is 9.88 Å². The van der Waals surface area contributed by atoms with E-state index in [1.165, 1.54) is 25.3 Å². The second-order valence-corrected chi connectivity index (χ2v) is 9.48. The lowest BCUT2D eigenvalue weighted by molar-refractivity contribution is 0.0623. The number of benzene rings is 1. The van der Waals surface area contributed by atoms with Crippen LogP contribution in [0.15, 0.2) is 41.7 Å². The summed E-state index contributed by atoms with van der Waals surface area (Å²) in [5, 5.41) is 6.20. The van der Waals surface area contributed by atoms with Crippen molar-refractivity contribution in [2.75, 3.05) is 31.6 Å². The number of H-pyrrole nitrogens is 1. The fraction of sp³-hybridized carbons (Fsp3) is 0.350. The molecule has 1 spiro atoms. The maximum absolute atomic E-state index is 13.3. The maximum Gasteiger partial charge on any atom is 0.254 e. The highest BCUT2D eigenvalue weighted by Gasteiger charge is 2.53. The average molecular weight is 443 g/mol. The number of sulfonamides is 1. The van der Waals surface area contributed by atoms with Gasteiger partial charge in [-0.15, -0.1) is 0 Å². The Bertz CT molecular complexity index is 1280. The molecule has 1 aliphatic carbocycles. The molecule has 3 aromatic rings. The molecule has 2 aliphatic rings. The van der Waals surface area contributed by atoms with Gasteiger partial charge in [-0.25, -0.2) is 23.5 Å². The van der Waals surface area contributed by atoms with E-state index in [1.54, 1.807) is 6.33 Å². The number of fused-ring (bicyclic) bond motifs is 1. The molecule has 0 radical (unpaired) electrons. The van der Waals surface area contributed by atoms with Crippen molar-refractivity contribution in [1.29, 1.82) is 0 Å². The summed E-state index contributed by atoms with van der Waals surface area (Å²) in [6.45, 7) is 1.85. The topological polar surface area (TPSA) is 135 Å². The summed E-state index contributed by atoms with van der Waals surface area (Å²) in [6, 6.07) is 6.21. The van der Waals surface area contributed by atoms with E-state index in [1.807, 2.05) is 17.2 Å². The lowest BCUT2D eigenvalue weighted by Gasteiger charge is -2.43. The van der Waals surface area contributed by atoms with E-state index in [2.05, 4.69) is 19.9 Å². The van der Waals surface area contributed by atoms with Gasteiger partial charge in [-0.3, -0.25) is 4.79 Å². The molecule has 10 nitrogen and oxygen atoms in total. The van der Waals surface area contributed by atoms with Gasteiger partial charge in [-0.1, -0.05) is 0 Å². The Balaban J connectivity index is 1.42. The Kier molecular flexibility index (Phi) is 4.41. The second kappa shape index (κ2) is 6.92. The predicted octanol–water partition coefficient (Wildman–Crippen LogP) is 1.11. The van der Waals surface area contributed by atoms with Crippen LogP contribution in [0.4, 0.5) is 5.82 Å². The van der Waals surface area contributed by atoms with Gasteiger partial charge >= 0.3 is 0 Å². The molecule has 5 rings (SSSR count). The molecule has 1 aromatic carbocycles. The van der Waals surface area contributed by atoms with Gasteiger partial charge in [0, 0.05) is 31.4 Å². The minimum absolute atomic E-state index is 0.0627. The van der Waals surface area contributed by atoms with Crippen LogP contribution in [-0.2, 0) is 10.0 Å². The van der Waals surface area contributed by atoms with Gasteiger partial charge in [0.1, 0.15) is 28.4 Å². The zero-order valence-corrected chi connectivity index (χ0v) is 17.7. The zero-order valence-electron chi connectivity index (χ0n) is 16.9. The predicted molar refractivity (Wildman–Crippen MR) is 113 cm³/mol. The SMILES string of the molecule is COc1cc(C(=O)N2CCN(c3ncnc4[nH]ccc34)CC23CC3)ccc1S(N)(=O)=O. The molecule has 1 aliphatic heterocycles. The van der Waals surface area contributed by atoms with E-state index in [-0.39, 0.29) is 22.1 Å². The molecule has 162 valence electrons. The highest BCUT2D eigenvalue weighted by atomic mass is 32.2.